The highest BCUT2D eigenvalue weighted by atomic mass is 16.4. The number of nitrogens with one attached hydrogen (secondary N) is 1. The fraction of sp³-hybridized carbons (Fsp3) is 0.357. The molecule has 0 spiro atoms. The van der Waals surface area contributed by atoms with Crippen molar-refractivity contribution in [3.8, 4) is 0 Å². The van der Waals surface area contributed by atoms with Gasteiger partial charge in [-0.2, -0.15) is 0 Å². The molecular formula is C14H17NO5. The van der Waals surface area contributed by atoms with Gasteiger partial charge in [0.05, 0.1) is 5.56 Å². The minimum Gasteiger partial charge on any atom is -0.481 e. The molecule has 0 saturated carbocycles. The first kappa shape index (κ1) is 15.7. The average molecular weight is 279 g/mol. The molecule has 0 aliphatic carbocycles. The van der Waals surface area contributed by atoms with Gasteiger partial charge in [0, 0.05) is 18.5 Å². The van der Waals surface area contributed by atoms with Crippen molar-refractivity contribution in [1.29, 1.82) is 0 Å². The molecule has 20 heavy (non-hydrogen) atoms. The van der Waals surface area contributed by atoms with E-state index in [2.05, 4.69) is 5.32 Å². The summed E-state index contributed by atoms with van der Waals surface area (Å²) in [4.78, 5) is 32.7. The molecule has 0 heterocycles. The standard InChI is InChI=1S/C14H17NO5/c16-12(17)4-2-1-3-9-15-13(18)10-5-7-11(8-6-10)14(19)20/h5-8H,1-4,9H2,(H,15,18)(H,16,17)(H,19,20). The van der Waals surface area contributed by atoms with Gasteiger partial charge in [0.25, 0.3) is 5.91 Å². The van der Waals surface area contributed by atoms with Gasteiger partial charge in [-0.25, -0.2) is 4.79 Å². The van der Waals surface area contributed by atoms with Crippen molar-refractivity contribution in [3.05, 3.63) is 35.4 Å². The third-order valence-corrected chi connectivity index (χ3v) is 2.75. The van der Waals surface area contributed by atoms with E-state index in [1.165, 1.54) is 24.3 Å². The SMILES string of the molecule is O=C(O)CCCCCNC(=O)c1ccc(C(=O)O)cc1. The molecule has 3 N–H and O–H groups in total. The van der Waals surface area contributed by atoms with Gasteiger partial charge in [-0.15, -0.1) is 0 Å². The molecule has 6 nitrogen and oxygen atoms in total. The molecule has 1 amide bonds. The van der Waals surface area contributed by atoms with Crippen LogP contribution in [0.4, 0.5) is 0 Å². The van der Waals surface area contributed by atoms with E-state index in [-0.39, 0.29) is 17.9 Å². The average Bonchev–Trinajstić information content (AvgIpc) is 2.42. The summed E-state index contributed by atoms with van der Waals surface area (Å²) in [7, 11) is 0. The number of carbonyl (C=O) groups is 3. The van der Waals surface area contributed by atoms with Gasteiger partial charge in [0.2, 0.25) is 0 Å². The van der Waals surface area contributed by atoms with E-state index < -0.39 is 11.9 Å². The Balaban J connectivity index is 2.29. The fourth-order valence-electron chi connectivity index (χ4n) is 1.65. The number of benzene rings is 1. The van der Waals surface area contributed by atoms with Gasteiger partial charge in [0.15, 0.2) is 0 Å². The van der Waals surface area contributed by atoms with Crippen molar-refractivity contribution in [2.24, 2.45) is 0 Å². The molecular weight excluding hydrogens is 262 g/mol. The molecule has 1 aromatic rings. The first-order valence-corrected chi connectivity index (χ1v) is 6.34. The van der Waals surface area contributed by atoms with Crippen LogP contribution in [0.1, 0.15) is 46.4 Å². The van der Waals surface area contributed by atoms with E-state index in [4.69, 9.17) is 10.2 Å². The lowest BCUT2D eigenvalue weighted by molar-refractivity contribution is -0.137. The van der Waals surface area contributed by atoms with Crippen LogP contribution in [0, 0.1) is 0 Å². The van der Waals surface area contributed by atoms with Crippen molar-refractivity contribution in [1.82, 2.24) is 5.32 Å². The summed E-state index contributed by atoms with van der Waals surface area (Å²) in [5.41, 5.74) is 0.538. The van der Waals surface area contributed by atoms with Crippen LogP contribution >= 0.6 is 0 Å². The van der Waals surface area contributed by atoms with Crippen molar-refractivity contribution in [2.45, 2.75) is 25.7 Å². The van der Waals surface area contributed by atoms with Gasteiger partial charge >= 0.3 is 11.9 Å². The third-order valence-electron chi connectivity index (χ3n) is 2.75. The summed E-state index contributed by atoms with van der Waals surface area (Å²) in [6.07, 6.45) is 2.19. The summed E-state index contributed by atoms with van der Waals surface area (Å²) >= 11 is 0. The molecule has 0 aliphatic rings. The molecule has 0 fully saturated rings. The van der Waals surface area contributed by atoms with E-state index in [0.29, 0.717) is 24.9 Å². The Labute approximate surface area is 116 Å². The van der Waals surface area contributed by atoms with Crippen LogP contribution < -0.4 is 5.32 Å². The van der Waals surface area contributed by atoms with Crippen LogP contribution in [0.25, 0.3) is 0 Å². The Hall–Kier alpha value is -2.37. The number of amides is 1. The van der Waals surface area contributed by atoms with Crippen LogP contribution in [-0.4, -0.2) is 34.6 Å². The number of aromatic carboxylic acids is 1. The lowest BCUT2D eigenvalue weighted by atomic mass is 10.1. The first-order valence-electron chi connectivity index (χ1n) is 6.34. The highest BCUT2D eigenvalue weighted by molar-refractivity contribution is 5.95. The number of hydrogen-bond donors (Lipinski definition) is 3. The van der Waals surface area contributed by atoms with Crippen molar-refractivity contribution in [3.63, 3.8) is 0 Å². The highest BCUT2D eigenvalue weighted by Gasteiger charge is 2.07. The maximum Gasteiger partial charge on any atom is 0.335 e. The lowest BCUT2D eigenvalue weighted by Gasteiger charge is -2.05. The Morgan fingerprint density at radius 2 is 1.50 bits per heavy atom. The van der Waals surface area contributed by atoms with Crippen molar-refractivity contribution >= 4 is 17.8 Å². The molecule has 0 aromatic heterocycles. The minimum atomic E-state index is -1.03. The fourth-order valence-corrected chi connectivity index (χ4v) is 1.65. The summed E-state index contributed by atoms with van der Waals surface area (Å²) in [6, 6.07) is 5.68. The highest BCUT2D eigenvalue weighted by Crippen LogP contribution is 2.05. The number of hydrogen-bond acceptors (Lipinski definition) is 3. The van der Waals surface area contributed by atoms with E-state index in [9.17, 15) is 14.4 Å². The van der Waals surface area contributed by atoms with E-state index in [1.54, 1.807) is 0 Å². The zero-order chi connectivity index (χ0) is 15.0. The lowest BCUT2D eigenvalue weighted by Crippen LogP contribution is -2.24. The van der Waals surface area contributed by atoms with Crippen LogP contribution in [0.3, 0.4) is 0 Å². The Bertz CT molecular complexity index is 481. The first-order chi connectivity index (χ1) is 9.50. The number of carbonyl (C=O) groups excluding carboxylic acids is 1. The topological polar surface area (TPSA) is 104 Å². The van der Waals surface area contributed by atoms with Gasteiger partial charge in [0.1, 0.15) is 0 Å². The van der Waals surface area contributed by atoms with Gasteiger partial charge in [-0.05, 0) is 37.1 Å². The molecule has 1 aromatic carbocycles. The van der Waals surface area contributed by atoms with E-state index in [1.807, 2.05) is 0 Å². The third kappa shape index (κ3) is 5.51. The zero-order valence-corrected chi connectivity index (χ0v) is 11.0. The maximum atomic E-state index is 11.7. The summed E-state index contributed by atoms with van der Waals surface area (Å²) in [5, 5.41) is 19.9. The summed E-state index contributed by atoms with van der Waals surface area (Å²) in [6.45, 7) is 0.471. The number of rotatable bonds is 8. The number of unbranched alkanes of at least 4 members (excludes halogenated alkanes) is 2. The van der Waals surface area contributed by atoms with Gasteiger partial charge in [-0.3, -0.25) is 9.59 Å². The number of carboxylic acid groups (broad SMARTS) is 2. The second kappa shape index (κ2) is 7.93. The molecule has 0 atom stereocenters. The molecule has 0 aliphatic heterocycles. The van der Waals surface area contributed by atoms with Gasteiger partial charge < -0.3 is 15.5 Å². The van der Waals surface area contributed by atoms with Crippen molar-refractivity contribution in [2.75, 3.05) is 6.54 Å². The number of carboxylic acids is 2. The minimum absolute atomic E-state index is 0.134. The quantitative estimate of drug-likeness (QED) is 0.629. The molecule has 0 unspecified atom stereocenters. The molecule has 0 saturated heterocycles. The summed E-state index contributed by atoms with van der Waals surface area (Å²) in [5.74, 6) is -2.11. The monoisotopic (exact) mass is 279 g/mol. The maximum absolute atomic E-state index is 11.7. The normalized spacial score (nSPS) is 10.0. The Kier molecular flexibility index (Phi) is 6.22. The van der Waals surface area contributed by atoms with Crippen LogP contribution in [-0.2, 0) is 4.79 Å². The molecule has 108 valence electrons. The van der Waals surface area contributed by atoms with Crippen molar-refractivity contribution < 1.29 is 24.6 Å². The smallest absolute Gasteiger partial charge is 0.335 e. The van der Waals surface area contributed by atoms with E-state index in [0.717, 1.165) is 6.42 Å². The second-order valence-electron chi connectivity index (χ2n) is 4.34. The molecule has 0 radical (unpaired) electrons. The molecule has 1 rings (SSSR count). The predicted molar refractivity (Wildman–Crippen MR) is 71.8 cm³/mol. The molecule has 0 bridgehead atoms. The summed E-state index contributed by atoms with van der Waals surface area (Å²) < 4.78 is 0. The molecule has 6 heteroatoms. The van der Waals surface area contributed by atoms with Crippen LogP contribution in [0.2, 0.25) is 0 Å². The second-order valence-corrected chi connectivity index (χ2v) is 4.34. The number of aliphatic carboxylic acids is 1. The Morgan fingerprint density at radius 3 is 2.05 bits per heavy atom. The Morgan fingerprint density at radius 1 is 0.900 bits per heavy atom. The largest absolute Gasteiger partial charge is 0.481 e. The van der Waals surface area contributed by atoms with Crippen LogP contribution in [0.15, 0.2) is 24.3 Å². The van der Waals surface area contributed by atoms with E-state index >= 15 is 0 Å². The van der Waals surface area contributed by atoms with Gasteiger partial charge in [-0.1, -0.05) is 6.42 Å². The predicted octanol–water partition coefficient (Wildman–Crippen LogP) is 1.76. The van der Waals surface area contributed by atoms with Crippen LogP contribution in [0.5, 0.6) is 0 Å². The zero-order valence-electron chi connectivity index (χ0n) is 11.0.